The van der Waals surface area contributed by atoms with Crippen molar-refractivity contribution in [2.75, 3.05) is 7.11 Å². The molecule has 3 nitrogen and oxygen atoms in total. The molecule has 98 valence electrons. The molecule has 0 bridgehead atoms. The van der Waals surface area contributed by atoms with E-state index in [4.69, 9.17) is 20.8 Å². The number of carbonyl (C=O) groups excluding carboxylic acids is 1. The molecule has 2 rings (SSSR count). The highest BCUT2D eigenvalue weighted by atomic mass is 79.9. The van der Waals surface area contributed by atoms with Crippen LogP contribution in [0.1, 0.15) is 5.76 Å². The second-order valence-electron chi connectivity index (χ2n) is 3.68. The fourth-order valence-corrected chi connectivity index (χ4v) is 2.01. The van der Waals surface area contributed by atoms with Gasteiger partial charge in [-0.2, -0.15) is 0 Å². The van der Waals surface area contributed by atoms with E-state index in [0.29, 0.717) is 17.3 Å². The number of hydrogen-bond donors (Lipinski definition) is 0. The highest BCUT2D eigenvalue weighted by Crippen LogP contribution is 2.33. The molecular weight excluding hydrogens is 332 g/mol. The third kappa shape index (κ3) is 3.49. The summed E-state index contributed by atoms with van der Waals surface area (Å²) in [6.45, 7) is 0. The third-order valence-corrected chi connectivity index (χ3v) is 3.05. The Kier molecular flexibility index (Phi) is 4.45. The van der Waals surface area contributed by atoms with Gasteiger partial charge in [-0.05, 0) is 48.0 Å². The zero-order valence-electron chi connectivity index (χ0n) is 10.0. The van der Waals surface area contributed by atoms with Crippen LogP contribution in [0.2, 0.25) is 0 Å². The van der Waals surface area contributed by atoms with Crippen LogP contribution in [0.3, 0.4) is 0 Å². The van der Waals surface area contributed by atoms with Crippen LogP contribution in [-0.2, 0) is 4.79 Å². The second kappa shape index (κ2) is 6.08. The first-order valence-corrected chi connectivity index (χ1v) is 6.58. The summed E-state index contributed by atoms with van der Waals surface area (Å²) in [5.74, 6) is 1.91. The van der Waals surface area contributed by atoms with Crippen LogP contribution in [0.4, 0.5) is 0 Å². The number of ether oxygens (including phenoxy) is 1. The highest BCUT2D eigenvalue weighted by Gasteiger charge is 2.10. The van der Waals surface area contributed by atoms with Gasteiger partial charge in [0, 0.05) is 10.5 Å². The Balaban J connectivity index is 2.35. The van der Waals surface area contributed by atoms with Gasteiger partial charge in [0.15, 0.2) is 0 Å². The van der Waals surface area contributed by atoms with E-state index in [9.17, 15) is 4.79 Å². The van der Waals surface area contributed by atoms with E-state index in [2.05, 4.69) is 15.9 Å². The Labute approximate surface area is 123 Å². The first-order chi connectivity index (χ1) is 9.10. The van der Waals surface area contributed by atoms with Crippen LogP contribution < -0.4 is 4.74 Å². The maximum atomic E-state index is 10.6. The summed E-state index contributed by atoms with van der Waals surface area (Å²) in [4.78, 5) is 10.6. The molecular formula is C14H10BrClO3. The molecule has 0 radical (unpaired) electrons. The standard InChI is InChI=1S/C14H10BrClO3/c1-18-13-8-9(15)2-5-11(13)12-6-3-10(19-12)4-7-14(16)17/h2-8H,1H3/b7-4+. The minimum atomic E-state index is -0.542. The zero-order chi connectivity index (χ0) is 13.8. The first kappa shape index (κ1) is 13.9. The number of methoxy groups -OCH3 is 1. The van der Waals surface area contributed by atoms with Crippen molar-refractivity contribution in [1.29, 1.82) is 0 Å². The fraction of sp³-hybridized carbons (Fsp3) is 0.0714. The quantitative estimate of drug-likeness (QED) is 0.607. The summed E-state index contributed by atoms with van der Waals surface area (Å²) in [5.41, 5.74) is 0.836. The van der Waals surface area contributed by atoms with E-state index in [1.54, 1.807) is 13.2 Å². The lowest BCUT2D eigenvalue weighted by molar-refractivity contribution is -0.107. The second-order valence-corrected chi connectivity index (χ2v) is 4.97. The summed E-state index contributed by atoms with van der Waals surface area (Å²) >= 11 is 8.61. The molecule has 19 heavy (non-hydrogen) atoms. The lowest BCUT2D eigenvalue weighted by Crippen LogP contribution is -1.86. The largest absolute Gasteiger partial charge is 0.496 e. The van der Waals surface area contributed by atoms with Crippen LogP contribution in [0.5, 0.6) is 5.75 Å². The highest BCUT2D eigenvalue weighted by molar-refractivity contribution is 9.10. The number of rotatable bonds is 4. The summed E-state index contributed by atoms with van der Waals surface area (Å²) in [7, 11) is 1.60. The molecule has 5 heteroatoms. The monoisotopic (exact) mass is 340 g/mol. The Bertz CT molecular complexity index is 631. The van der Waals surface area contributed by atoms with E-state index < -0.39 is 5.24 Å². The average Bonchev–Trinajstić information content (AvgIpc) is 2.84. The molecule has 1 aromatic carbocycles. The van der Waals surface area contributed by atoms with Crippen molar-refractivity contribution in [1.82, 2.24) is 0 Å². The van der Waals surface area contributed by atoms with Crippen molar-refractivity contribution in [3.63, 3.8) is 0 Å². The molecule has 0 spiro atoms. The van der Waals surface area contributed by atoms with Crippen molar-refractivity contribution in [3.05, 3.63) is 46.6 Å². The van der Waals surface area contributed by atoms with Gasteiger partial charge >= 0.3 is 0 Å². The number of hydrogen-bond acceptors (Lipinski definition) is 3. The van der Waals surface area contributed by atoms with Gasteiger partial charge in [-0.3, -0.25) is 4.79 Å². The van der Waals surface area contributed by atoms with Gasteiger partial charge in [-0.15, -0.1) is 0 Å². The fourth-order valence-electron chi connectivity index (χ4n) is 1.60. The number of benzene rings is 1. The predicted octanol–water partition coefficient (Wildman–Crippen LogP) is 4.50. The first-order valence-electron chi connectivity index (χ1n) is 5.41. The molecule has 0 saturated heterocycles. The Morgan fingerprint density at radius 2 is 2.16 bits per heavy atom. The lowest BCUT2D eigenvalue weighted by atomic mass is 10.1. The van der Waals surface area contributed by atoms with Crippen LogP contribution in [0.15, 0.2) is 45.3 Å². The topological polar surface area (TPSA) is 39.4 Å². The number of furan rings is 1. The molecule has 2 aromatic rings. The Morgan fingerprint density at radius 3 is 2.84 bits per heavy atom. The SMILES string of the molecule is COc1cc(Br)ccc1-c1ccc(/C=C/C(=O)Cl)o1. The van der Waals surface area contributed by atoms with Gasteiger partial charge < -0.3 is 9.15 Å². The maximum Gasteiger partial charge on any atom is 0.245 e. The molecule has 0 unspecified atom stereocenters. The minimum absolute atomic E-state index is 0.542. The van der Waals surface area contributed by atoms with Crippen molar-refractivity contribution < 1.29 is 13.9 Å². The molecule has 0 aliphatic rings. The normalized spacial score (nSPS) is 10.9. The molecule has 0 aliphatic heterocycles. The average molecular weight is 342 g/mol. The lowest BCUT2D eigenvalue weighted by Gasteiger charge is -2.06. The Hall–Kier alpha value is -1.52. The summed E-state index contributed by atoms with van der Waals surface area (Å²) in [6.07, 6.45) is 2.76. The summed E-state index contributed by atoms with van der Waals surface area (Å²) in [6, 6.07) is 9.22. The number of halogens is 2. The van der Waals surface area contributed by atoms with Gasteiger partial charge in [-0.25, -0.2) is 0 Å². The van der Waals surface area contributed by atoms with E-state index >= 15 is 0 Å². The molecule has 1 aromatic heterocycles. The number of allylic oxidation sites excluding steroid dienone is 1. The third-order valence-electron chi connectivity index (χ3n) is 2.43. The molecule has 0 atom stereocenters. The van der Waals surface area contributed by atoms with E-state index in [-0.39, 0.29) is 0 Å². The van der Waals surface area contributed by atoms with Crippen LogP contribution in [0.25, 0.3) is 17.4 Å². The molecule has 0 N–H and O–H groups in total. The smallest absolute Gasteiger partial charge is 0.245 e. The van der Waals surface area contributed by atoms with Crippen LogP contribution in [0, 0.1) is 0 Å². The molecule has 0 amide bonds. The maximum absolute atomic E-state index is 10.6. The molecule has 0 fully saturated rings. The van der Waals surface area contributed by atoms with E-state index in [0.717, 1.165) is 10.0 Å². The van der Waals surface area contributed by atoms with Gasteiger partial charge in [0.1, 0.15) is 17.3 Å². The van der Waals surface area contributed by atoms with Crippen molar-refractivity contribution in [2.24, 2.45) is 0 Å². The van der Waals surface area contributed by atoms with Gasteiger partial charge in [-0.1, -0.05) is 15.9 Å². The molecule has 0 saturated carbocycles. The van der Waals surface area contributed by atoms with Crippen LogP contribution >= 0.6 is 27.5 Å². The van der Waals surface area contributed by atoms with Crippen molar-refractivity contribution in [3.8, 4) is 17.1 Å². The van der Waals surface area contributed by atoms with E-state index in [1.807, 2.05) is 24.3 Å². The predicted molar refractivity (Wildman–Crippen MR) is 78.3 cm³/mol. The summed E-state index contributed by atoms with van der Waals surface area (Å²) in [5, 5.41) is -0.542. The zero-order valence-corrected chi connectivity index (χ0v) is 12.4. The van der Waals surface area contributed by atoms with Crippen LogP contribution in [-0.4, -0.2) is 12.4 Å². The van der Waals surface area contributed by atoms with Gasteiger partial charge in [0.2, 0.25) is 5.24 Å². The molecule has 1 heterocycles. The van der Waals surface area contributed by atoms with E-state index in [1.165, 1.54) is 12.2 Å². The Morgan fingerprint density at radius 1 is 1.37 bits per heavy atom. The van der Waals surface area contributed by atoms with Crippen molar-refractivity contribution in [2.45, 2.75) is 0 Å². The molecule has 0 aliphatic carbocycles. The van der Waals surface area contributed by atoms with Gasteiger partial charge in [0.05, 0.1) is 12.7 Å². The summed E-state index contributed by atoms with van der Waals surface area (Å²) < 4.78 is 11.8. The van der Waals surface area contributed by atoms with Gasteiger partial charge in [0.25, 0.3) is 0 Å². The van der Waals surface area contributed by atoms with Crippen molar-refractivity contribution >= 4 is 38.8 Å². The number of carbonyl (C=O) groups is 1. The minimum Gasteiger partial charge on any atom is -0.496 e.